The molecule has 0 saturated carbocycles. The molecule has 1 aromatic heterocycles. The molecular formula is C12H15NO2. The van der Waals surface area contributed by atoms with E-state index in [0.29, 0.717) is 5.95 Å². The van der Waals surface area contributed by atoms with E-state index in [1.54, 1.807) is 7.11 Å². The van der Waals surface area contributed by atoms with Crippen molar-refractivity contribution >= 4 is 10.9 Å². The predicted octanol–water partition coefficient (Wildman–Crippen LogP) is 3.07. The second-order valence-electron chi connectivity index (χ2n) is 3.90. The van der Waals surface area contributed by atoms with Gasteiger partial charge < -0.3 is 9.26 Å². The summed E-state index contributed by atoms with van der Waals surface area (Å²) in [6.45, 7) is 8.36. The molecule has 0 aliphatic heterocycles. The van der Waals surface area contributed by atoms with Crippen molar-refractivity contribution in [3.05, 3.63) is 22.3 Å². The summed E-state index contributed by atoms with van der Waals surface area (Å²) in [7, 11) is 1.60. The van der Waals surface area contributed by atoms with Crippen LogP contribution in [0.2, 0.25) is 0 Å². The smallest absolute Gasteiger partial charge is 0.319 e. The molecule has 2 rings (SSSR count). The Morgan fingerprint density at radius 1 is 0.933 bits per heavy atom. The van der Waals surface area contributed by atoms with Crippen LogP contribution in [0.15, 0.2) is 4.52 Å². The van der Waals surface area contributed by atoms with Gasteiger partial charge in [-0.1, -0.05) is 5.16 Å². The Kier molecular flexibility index (Phi) is 2.18. The van der Waals surface area contributed by atoms with E-state index in [2.05, 4.69) is 32.9 Å². The monoisotopic (exact) mass is 205 g/mol. The highest BCUT2D eigenvalue weighted by Crippen LogP contribution is 2.34. The lowest BCUT2D eigenvalue weighted by atomic mass is 9.96. The molecule has 0 aliphatic carbocycles. The van der Waals surface area contributed by atoms with Crippen molar-refractivity contribution in [3.63, 3.8) is 0 Å². The third kappa shape index (κ3) is 1.23. The zero-order valence-electron chi connectivity index (χ0n) is 9.76. The molecule has 0 bridgehead atoms. The van der Waals surface area contributed by atoms with Crippen molar-refractivity contribution in [1.82, 2.24) is 5.16 Å². The van der Waals surface area contributed by atoms with Crippen molar-refractivity contribution in [1.29, 1.82) is 0 Å². The number of rotatable bonds is 1. The molecule has 2 aromatic rings. The number of hydrogen-bond donors (Lipinski definition) is 0. The van der Waals surface area contributed by atoms with Crippen LogP contribution in [0, 0.1) is 27.7 Å². The number of aromatic nitrogens is 1. The minimum atomic E-state index is 0.508. The Bertz CT molecular complexity index is 526. The van der Waals surface area contributed by atoms with E-state index < -0.39 is 0 Å². The average molecular weight is 205 g/mol. The predicted molar refractivity (Wildman–Crippen MR) is 59.5 cm³/mol. The molecule has 80 valence electrons. The summed E-state index contributed by atoms with van der Waals surface area (Å²) in [6.07, 6.45) is 0. The molecule has 15 heavy (non-hydrogen) atoms. The van der Waals surface area contributed by atoms with Crippen LogP contribution < -0.4 is 4.74 Å². The summed E-state index contributed by atoms with van der Waals surface area (Å²) in [5, 5.41) is 5.05. The summed E-state index contributed by atoms with van der Waals surface area (Å²) < 4.78 is 10.3. The SMILES string of the molecule is COc1onc2c(C)c(C)c(C)c(C)c12. The molecular weight excluding hydrogens is 190 g/mol. The Labute approximate surface area is 89.0 Å². The molecule has 0 unspecified atom stereocenters. The van der Waals surface area contributed by atoms with Gasteiger partial charge in [-0.25, -0.2) is 0 Å². The first-order chi connectivity index (χ1) is 7.07. The van der Waals surface area contributed by atoms with Gasteiger partial charge in [-0.15, -0.1) is 0 Å². The van der Waals surface area contributed by atoms with E-state index in [-0.39, 0.29) is 0 Å². The van der Waals surface area contributed by atoms with E-state index in [0.717, 1.165) is 10.9 Å². The number of hydrogen-bond acceptors (Lipinski definition) is 3. The summed E-state index contributed by atoms with van der Waals surface area (Å²) in [5.74, 6) is 0.508. The Hall–Kier alpha value is -1.51. The van der Waals surface area contributed by atoms with Gasteiger partial charge in [-0.2, -0.15) is 0 Å². The molecule has 0 aliphatic rings. The molecule has 0 radical (unpaired) electrons. The maximum Gasteiger partial charge on any atom is 0.319 e. The van der Waals surface area contributed by atoms with Crippen LogP contribution >= 0.6 is 0 Å². The van der Waals surface area contributed by atoms with Gasteiger partial charge in [0.15, 0.2) is 0 Å². The summed E-state index contributed by atoms with van der Waals surface area (Å²) in [5.41, 5.74) is 5.82. The Morgan fingerprint density at radius 3 is 2.13 bits per heavy atom. The molecule has 3 nitrogen and oxygen atoms in total. The average Bonchev–Trinajstić information content (AvgIpc) is 2.67. The molecule has 1 aromatic carbocycles. The van der Waals surface area contributed by atoms with Gasteiger partial charge in [0.05, 0.1) is 12.5 Å². The molecule has 0 spiro atoms. The molecule has 3 heteroatoms. The highest BCUT2D eigenvalue weighted by molar-refractivity contribution is 5.90. The zero-order chi connectivity index (χ0) is 11.2. The lowest BCUT2D eigenvalue weighted by Gasteiger charge is -2.09. The van der Waals surface area contributed by atoms with Crippen LogP contribution in [0.1, 0.15) is 22.3 Å². The van der Waals surface area contributed by atoms with Gasteiger partial charge in [0.25, 0.3) is 0 Å². The Balaban J connectivity index is 2.97. The second kappa shape index (κ2) is 3.26. The first-order valence-electron chi connectivity index (χ1n) is 4.97. The first kappa shape index (κ1) is 10.0. The normalized spacial score (nSPS) is 11.0. The molecule has 0 saturated heterocycles. The molecule has 0 N–H and O–H groups in total. The van der Waals surface area contributed by atoms with Gasteiger partial charge in [0, 0.05) is 0 Å². The largest absolute Gasteiger partial charge is 0.467 e. The third-order valence-corrected chi connectivity index (χ3v) is 3.26. The van der Waals surface area contributed by atoms with E-state index in [1.807, 2.05) is 0 Å². The molecule has 0 fully saturated rings. The zero-order valence-corrected chi connectivity index (χ0v) is 9.76. The van der Waals surface area contributed by atoms with Crippen molar-refractivity contribution < 1.29 is 9.26 Å². The van der Waals surface area contributed by atoms with E-state index in [1.165, 1.54) is 22.3 Å². The lowest BCUT2D eigenvalue weighted by Crippen LogP contribution is -1.93. The number of fused-ring (bicyclic) bond motifs is 1. The highest BCUT2D eigenvalue weighted by atomic mass is 16.6. The van der Waals surface area contributed by atoms with Crippen LogP contribution in [-0.4, -0.2) is 12.3 Å². The summed E-state index contributed by atoms with van der Waals surface area (Å²) in [6, 6.07) is 0. The quantitative estimate of drug-likeness (QED) is 0.717. The topological polar surface area (TPSA) is 35.3 Å². The van der Waals surface area contributed by atoms with E-state index in [9.17, 15) is 0 Å². The van der Waals surface area contributed by atoms with Gasteiger partial charge in [-0.3, -0.25) is 0 Å². The second-order valence-corrected chi connectivity index (χ2v) is 3.90. The van der Waals surface area contributed by atoms with Gasteiger partial charge in [-0.05, 0) is 49.9 Å². The first-order valence-corrected chi connectivity index (χ1v) is 4.97. The van der Waals surface area contributed by atoms with Gasteiger partial charge in [0.2, 0.25) is 0 Å². The number of nitrogens with zero attached hydrogens (tertiary/aromatic N) is 1. The Morgan fingerprint density at radius 2 is 1.53 bits per heavy atom. The minimum absolute atomic E-state index is 0.508. The van der Waals surface area contributed by atoms with Crippen molar-refractivity contribution in [2.45, 2.75) is 27.7 Å². The minimum Gasteiger partial charge on any atom is -0.467 e. The number of benzene rings is 1. The fourth-order valence-electron chi connectivity index (χ4n) is 1.93. The number of methoxy groups -OCH3 is 1. The van der Waals surface area contributed by atoms with E-state index >= 15 is 0 Å². The molecule has 1 heterocycles. The van der Waals surface area contributed by atoms with Crippen molar-refractivity contribution in [2.24, 2.45) is 0 Å². The number of ether oxygens (including phenoxy) is 1. The highest BCUT2D eigenvalue weighted by Gasteiger charge is 2.17. The van der Waals surface area contributed by atoms with Crippen molar-refractivity contribution in [2.75, 3.05) is 7.11 Å². The molecule has 0 amide bonds. The fourth-order valence-corrected chi connectivity index (χ4v) is 1.93. The van der Waals surface area contributed by atoms with Crippen LogP contribution in [-0.2, 0) is 0 Å². The van der Waals surface area contributed by atoms with Crippen LogP contribution in [0.4, 0.5) is 0 Å². The van der Waals surface area contributed by atoms with Gasteiger partial charge >= 0.3 is 5.95 Å². The third-order valence-electron chi connectivity index (χ3n) is 3.26. The summed E-state index contributed by atoms with van der Waals surface area (Å²) in [4.78, 5) is 0. The van der Waals surface area contributed by atoms with Crippen LogP contribution in [0.3, 0.4) is 0 Å². The number of aryl methyl sites for hydroxylation is 2. The molecule has 0 atom stereocenters. The van der Waals surface area contributed by atoms with E-state index in [4.69, 9.17) is 9.26 Å². The van der Waals surface area contributed by atoms with Gasteiger partial charge in [0.1, 0.15) is 5.52 Å². The van der Waals surface area contributed by atoms with Crippen LogP contribution in [0.25, 0.3) is 10.9 Å². The lowest BCUT2D eigenvalue weighted by molar-refractivity contribution is 0.265. The summed E-state index contributed by atoms with van der Waals surface area (Å²) >= 11 is 0. The maximum atomic E-state index is 5.17. The standard InChI is InChI=1S/C12H15NO2/c1-6-7(2)9(4)11-10(8(6)3)12(14-5)15-13-11/h1-5H3. The maximum absolute atomic E-state index is 5.17. The van der Waals surface area contributed by atoms with Crippen LogP contribution in [0.5, 0.6) is 5.95 Å². The fraction of sp³-hybridized carbons (Fsp3) is 0.417. The van der Waals surface area contributed by atoms with Crippen molar-refractivity contribution in [3.8, 4) is 5.95 Å².